The summed E-state index contributed by atoms with van der Waals surface area (Å²) in [4.78, 5) is 0. The third-order valence-corrected chi connectivity index (χ3v) is 2.17. The van der Waals surface area contributed by atoms with Crippen LogP contribution in [0.1, 0.15) is 5.56 Å². The van der Waals surface area contributed by atoms with Crippen LogP contribution in [0.5, 0.6) is 0 Å². The second-order valence-corrected chi connectivity index (χ2v) is 3.13. The van der Waals surface area contributed by atoms with Gasteiger partial charge in [-0.1, -0.05) is 22.0 Å². The van der Waals surface area contributed by atoms with Crippen molar-refractivity contribution in [1.82, 2.24) is 0 Å². The van der Waals surface area contributed by atoms with E-state index in [1.165, 1.54) is 12.1 Å². The van der Waals surface area contributed by atoms with Crippen LogP contribution in [0.2, 0.25) is 0 Å². The van der Waals surface area contributed by atoms with Crippen LogP contribution in [0.25, 0.3) is 0 Å². The van der Waals surface area contributed by atoms with Crippen molar-refractivity contribution < 1.29 is 4.39 Å². The van der Waals surface area contributed by atoms with Crippen LogP contribution in [0.4, 0.5) is 4.39 Å². The minimum Gasteiger partial charge on any atom is -0.330 e. The number of halogens is 3. The summed E-state index contributed by atoms with van der Waals surface area (Å²) in [7, 11) is 0. The minimum absolute atomic E-state index is 0. The molecule has 0 aromatic heterocycles. The topological polar surface area (TPSA) is 26.0 Å². The van der Waals surface area contributed by atoms with E-state index in [1.807, 2.05) is 0 Å². The number of benzene rings is 1. The third-order valence-electron chi connectivity index (χ3n) is 1.43. The van der Waals surface area contributed by atoms with Crippen molar-refractivity contribution in [2.45, 2.75) is 6.42 Å². The van der Waals surface area contributed by atoms with Crippen molar-refractivity contribution in [2.75, 3.05) is 6.54 Å². The van der Waals surface area contributed by atoms with Crippen LogP contribution in [0.3, 0.4) is 0 Å². The average molecular weight is 255 g/mol. The fraction of sp³-hybridized carbons (Fsp3) is 0.250. The molecule has 0 spiro atoms. The molecule has 0 saturated carbocycles. The Balaban J connectivity index is 0.00000121. The second-order valence-electron chi connectivity index (χ2n) is 2.27. The quantitative estimate of drug-likeness (QED) is 0.862. The number of hydrogen-bond donors (Lipinski definition) is 1. The van der Waals surface area contributed by atoms with E-state index >= 15 is 0 Å². The lowest BCUT2D eigenvalue weighted by Gasteiger charge is -2.01. The van der Waals surface area contributed by atoms with Crippen molar-refractivity contribution >= 4 is 28.3 Å². The Labute approximate surface area is 85.7 Å². The summed E-state index contributed by atoms with van der Waals surface area (Å²) in [6, 6.07) is 4.63. The highest BCUT2D eigenvalue weighted by Crippen LogP contribution is 2.17. The number of nitrogens with two attached hydrogens (primary N) is 1. The van der Waals surface area contributed by atoms with Gasteiger partial charge < -0.3 is 5.73 Å². The number of hydrogen-bond acceptors (Lipinski definition) is 1. The highest BCUT2D eigenvalue weighted by molar-refractivity contribution is 9.10. The van der Waals surface area contributed by atoms with Crippen molar-refractivity contribution in [3.8, 4) is 0 Å². The van der Waals surface area contributed by atoms with Gasteiger partial charge in [0.1, 0.15) is 5.82 Å². The van der Waals surface area contributed by atoms with E-state index in [0.717, 1.165) is 16.5 Å². The molecule has 0 atom stereocenters. The van der Waals surface area contributed by atoms with E-state index < -0.39 is 0 Å². The van der Waals surface area contributed by atoms with Gasteiger partial charge in [0.2, 0.25) is 0 Å². The first kappa shape index (κ1) is 11.9. The SMILES string of the molecule is Cl.NCCc1ccc(F)cc1Br. The molecule has 4 heteroatoms. The van der Waals surface area contributed by atoms with Crippen molar-refractivity contribution in [3.63, 3.8) is 0 Å². The predicted molar refractivity (Wildman–Crippen MR) is 54.1 cm³/mol. The van der Waals surface area contributed by atoms with Crippen LogP contribution in [-0.4, -0.2) is 6.54 Å². The molecular weight excluding hydrogens is 244 g/mol. The van der Waals surface area contributed by atoms with Gasteiger partial charge in [-0.25, -0.2) is 4.39 Å². The zero-order chi connectivity index (χ0) is 8.27. The first-order valence-corrected chi connectivity index (χ1v) is 4.17. The van der Waals surface area contributed by atoms with Crippen LogP contribution in [-0.2, 0) is 6.42 Å². The van der Waals surface area contributed by atoms with Crippen molar-refractivity contribution in [1.29, 1.82) is 0 Å². The maximum atomic E-state index is 12.5. The predicted octanol–water partition coefficient (Wildman–Crippen LogP) is 2.51. The molecule has 0 radical (unpaired) electrons. The van der Waals surface area contributed by atoms with Gasteiger partial charge in [0, 0.05) is 4.47 Å². The molecule has 0 amide bonds. The Morgan fingerprint density at radius 3 is 2.58 bits per heavy atom. The van der Waals surface area contributed by atoms with Crippen LogP contribution in [0.15, 0.2) is 22.7 Å². The normalized spacial score (nSPS) is 9.25. The molecule has 1 aromatic rings. The Bertz CT molecular complexity index is 255. The fourth-order valence-electron chi connectivity index (χ4n) is 0.880. The standard InChI is InChI=1S/C8H9BrFN.ClH/c9-8-5-7(10)2-1-6(8)3-4-11;/h1-2,5H,3-4,11H2;1H. The number of rotatable bonds is 2. The molecule has 0 aliphatic heterocycles. The molecule has 0 unspecified atom stereocenters. The Kier molecular flexibility index (Phi) is 5.46. The summed E-state index contributed by atoms with van der Waals surface area (Å²) >= 11 is 3.25. The zero-order valence-corrected chi connectivity index (χ0v) is 8.79. The molecule has 0 saturated heterocycles. The minimum atomic E-state index is -0.224. The van der Waals surface area contributed by atoms with E-state index in [0.29, 0.717) is 6.54 Å². The molecule has 1 aromatic carbocycles. The largest absolute Gasteiger partial charge is 0.330 e. The fourth-order valence-corrected chi connectivity index (χ4v) is 1.43. The summed E-state index contributed by atoms with van der Waals surface area (Å²) in [6.45, 7) is 0.588. The molecule has 1 nitrogen and oxygen atoms in total. The van der Waals surface area contributed by atoms with Crippen molar-refractivity contribution in [2.24, 2.45) is 5.73 Å². The molecule has 2 N–H and O–H groups in total. The third kappa shape index (κ3) is 3.09. The first-order chi connectivity index (χ1) is 5.24. The monoisotopic (exact) mass is 253 g/mol. The molecule has 0 heterocycles. The maximum Gasteiger partial charge on any atom is 0.124 e. The molecule has 0 fully saturated rings. The van der Waals surface area contributed by atoms with E-state index in [1.54, 1.807) is 6.07 Å². The lowest BCUT2D eigenvalue weighted by atomic mass is 10.1. The Morgan fingerprint density at radius 2 is 2.08 bits per heavy atom. The molecule has 0 aliphatic carbocycles. The van der Waals surface area contributed by atoms with Crippen molar-refractivity contribution in [3.05, 3.63) is 34.1 Å². The molecule has 0 bridgehead atoms. The highest BCUT2D eigenvalue weighted by Gasteiger charge is 1.99. The second kappa shape index (κ2) is 5.51. The highest BCUT2D eigenvalue weighted by atomic mass is 79.9. The lowest BCUT2D eigenvalue weighted by Crippen LogP contribution is -2.03. The first-order valence-electron chi connectivity index (χ1n) is 3.38. The molecular formula is C8H10BrClFN. The summed E-state index contributed by atoms with van der Waals surface area (Å²) in [6.07, 6.45) is 0.779. The molecule has 0 aliphatic rings. The van der Waals surface area contributed by atoms with Crippen LogP contribution >= 0.6 is 28.3 Å². The summed E-state index contributed by atoms with van der Waals surface area (Å²) in [5.74, 6) is -0.224. The van der Waals surface area contributed by atoms with Gasteiger partial charge in [-0.2, -0.15) is 0 Å². The summed E-state index contributed by atoms with van der Waals surface area (Å²) in [5.41, 5.74) is 6.40. The maximum absolute atomic E-state index is 12.5. The Hall–Kier alpha value is -0.120. The van der Waals surface area contributed by atoms with Gasteiger partial charge in [0.15, 0.2) is 0 Å². The Morgan fingerprint density at radius 1 is 1.42 bits per heavy atom. The van der Waals surface area contributed by atoms with Gasteiger partial charge in [-0.05, 0) is 30.7 Å². The van der Waals surface area contributed by atoms with Gasteiger partial charge in [-0.15, -0.1) is 12.4 Å². The summed E-state index contributed by atoms with van der Waals surface area (Å²) in [5, 5.41) is 0. The molecule has 1 rings (SSSR count). The average Bonchev–Trinajstić information content (AvgIpc) is 1.95. The lowest BCUT2D eigenvalue weighted by molar-refractivity contribution is 0.626. The van der Waals surface area contributed by atoms with Gasteiger partial charge >= 0.3 is 0 Å². The van der Waals surface area contributed by atoms with E-state index in [2.05, 4.69) is 15.9 Å². The van der Waals surface area contributed by atoms with E-state index in [-0.39, 0.29) is 18.2 Å². The van der Waals surface area contributed by atoms with Crippen LogP contribution in [0, 0.1) is 5.82 Å². The van der Waals surface area contributed by atoms with Crippen LogP contribution < -0.4 is 5.73 Å². The van der Waals surface area contributed by atoms with E-state index in [9.17, 15) is 4.39 Å². The molecule has 12 heavy (non-hydrogen) atoms. The smallest absolute Gasteiger partial charge is 0.124 e. The summed E-state index contributed by atoms with van der Waals surface area (Å²) < 4.78 is 13.3. The van der Waals surface area contributed by atoms with Gasteiger partial charge in [-0.3, -0.25) is 0 Å². The zero-order valence-electron chi connectivity index (χ0n) is 6.39. The molecule has 68 valence electrons. The van der Waals surface area contributed by atoms with E-state index in [4.69, 9.17) is 5.73 Å². The van der Waals surface area contributed by atoms with Gasteiger partial charge in [0.05, 0.1) is 0 Å². The van der Waals surface area contributed by atoms with Gasteiger partial charge in [0.25, 0.3) is 0 Å².